The summed E-state index contributed by atoms with van der Waals surface area (Å²) in [5, 5.41) is 13.4. The van der Waals surface area contributed by atoms with Crippen molar-refractivity contribution in [3.05, 3.63) is 70.2 Å². The zero-order chi connectivity index (χ0) is 45.1. The number of piperidine rings is 1. The van der Waals surface area contributed by atoms with Gasteiger partial charge < -0.3 is 15.0 Å². The molecule has 5 aliphatic rings. The molecule has 4 atom stereocenters. The van der Waals surface area contributed by atoms with Gasteiger partial charge in [0.2, 0.25) is 11.8 Å². The number of amides is 3. The van der Waals surface area contributed by atoms with Crippen molar-refractivity contribution in [3.63, 3.8) is 0 Å². The molecule has 0 spiro atoms. The predicted molar refractivity (Wildman–Crippen MR) is 228 cm³/mol. The number of hydrogen-bond acceptors (Lipinski definition) is 11. The van der Waals surface area contributed by atoms with Crippen molar-refractivity contribution < 1.29 is 36.7 Å². The molecule has 2 N–H and O–H groups in total. The topological polar surface area (TPSA) is 169 Å². The second-order valence-electron chi connectivity index (χ2n) is 17.7. The lowest BCUT2D eigenvalue weighted by molar-refractivity contribution is -0.135. The van der Waals surface area contributed by atoms with Crippen LogP contribution >= 0.6 is 0 Å². The Hall–Kier alpha value is -6.11. The quantitative estimate of drug-likeness (QED) is 0.119. The molecule has 21 heteroatoms. The Morgan fingerprint density at radius 3 is 2.60 bits per heavy atom. The fraction of sp³-hybridized carbons (Fsp3) is 0.523. The second-order valence-corrected chi connectivity index (χ2v) is 17.7. The number of anilines is 2. The molecule has 1 aromatic carbocycles. The Labute approximate surface area is 369 Å². The van der Waals surface area contributed by atoms with Crippen LogP contribution in [0.4, 0.5) is 29.1 Å². The largest absolute Gasteiger partial charge is 0.374 e. The third-order valence-corrected chi connectivity index (χ3v) is 13.8. The number of piperazine rings is 1. The number of aryl methyl sites for hydroxylation is 1. The first-order chi connectivity index (χ1) is 31.4. The summed E-state index contributed by atoms with van der Waals surface area (Å²) in [7, 11) is 1.60. The van der Waals surface area contributed by atoms with Gasteiger partial charge in [-0.1, -0.05) is 17.9 Å². The van der Waals surface area contributed by atoms with Crippen LogP contribution in [0.5, 0.6) is 0 Å². The van der Waals surface area contributed by atoms with Crippen LogP contribution in [0, 0.1) is 17.8 Å². The zero-order valence-electron chi connectivity index (χ0n) is 35.6. The molecule has 4 saturated heterocycles. The maximum absolute atomic E-state index is 14.6. The highest BCUT2D eigenvalue weighted by atomic mass is 19.3. The van der Waals surface area contributed by atoms with Crippen LogP contribution in [-0.4, -0.2) is 132 Å². The fourth-order valence-corrected chi connectivity index (χ4v) is 10.4. The molecule has 10 rings (SSSR count). The zero-order valence-corrected chi connectivity index (χ0v) is 35.6. The van der Waals surface area contributed by atoms with E-state index in [4.69, 9.17) is 9.72 Å². The van der Waals surface area contributed by atoms with Crippen LogP contribution in [0.15, 0.2) is 47.7 Å². The minimum absolute atomic E-state index is 0.0921. The molecule has 342 valence electrons. The van der Waals surface area contributed by atoms with Gasteiger partial charge in [-0.25, -0.2) is 31.9 Å². The van der Waals surface area contributed by atoms with Crippen LogP contribution in [-0.2, 0) is 21.4 Å². The van der Waals surface area contributed by atoms with E-state index < -0.39 is 48.1 Å². The minimum Gasteiger partial charge on any atom is -0.374 e. The molecule has 4 aliphatic heterocycles. The van der Waals surface area contributed by atoms with Gasteiger partial charge >= 0.3 is 5.69 Å². The summed E-state index contributed by atoms with van der Waals surface area (Å²) in [4.78, 5) is 61.9. The van der Waals surface area contributed by atoms with E-state index in [0.29, 0.717) is 86.5 Å². The van der Waals surface area contributed by atoms with Crippen molar-refractivity contribution in [2.75, 3.05) is 56.1 Å². The highest BCUT2D eigenvalue weighted by molar-refractivity contribution is 6.08. The average molecular weight is 901 g/mol. The third-order valence-electron chi connectivity index (χ3n) is 13.8. The number of morpholine rings is 1. The molecule has 1 saturated carbocycles. The van der Waals surface area contributed by atoms with Crippen molar-refractivity contribution in [3.8, 4) is 11.8 Å². The van der Waals surface area contributed by atoms with Crippen molar-refractivity contribution in [1.82, 2.24) is 48.6 Å². The van der Waals surface area contributed by atoms with Gasteiger partial charge in [-0.2, -0.15) is 10.2 Å². The molecule has 0 radical (unpaired) electrons. The molecule has 4 aromatic heterocycles. The predicted octanol–water partition coefficient (Wildman–Crippen LogP) is 3.76. The van der Waals surface area contributed by atoms with Crippen molar-refractivity contribution in [2.45, 2.75) is 88.1 Å². The van der Waals surface area contributed by atoms with Gasteiger partial charge in [-0.05, 0) is 62.6 Å². The lowest BCUT2D eigenvalue weighted by Gasteiger charge is -2.42. The first-order valence-electron chi connectivity index (χ1n) is 22.1. The van der Waals surface area contributed by atoms with E-state index in [9.17, 15) is 36.7 Å². The van der Waals surface area contributed by atoms with Gasteiger partial charge in [0.1, 0.15) is 17.4 Å². The summed E-state index contributed by atoms with van der Waals surface area (Å²) >= 11 is 0. The molecule has 2 unspecified atom stereocenters. The lowest BCUT2D eigenvalue weighted by Crippen LogP contribution is -2.57. The van der Waals surface area contributed by atoms with Gasteiger partial charge in [0.05, 0.1) is 65.9 Å². The highest BCUT2D eigenvalue weighted by Gasteiger charge is 2.40. The Morgan fingerprint density at radius 1 is 1.03 bits per heavy atom. The summed E-state index contributed by atoms with van der Waals surface area (Å²) in [5.74, 6) is 5.52. The van der Waals surface area contributed by atoms with Gasteiger partial charge in [-0.3, -0.25) is 43.3 Å². The number of fused-ring (bicyclic) bond motifs is 4. The van der Waals surface area contributed by atoms with Crippen molar-refractivity contribution in [1.29, 1.82) is 0 Å². The van der Waals surface area contributed by atoms with Gasteiger partial charge in [0, 0.05) is 58.6 Å². The number of ether oxygens (including phenoxy) is 1. The van der Waals surface area contributed by atoms with E-state index in [0.717, 1.165) is 6.42 Å². The lowest BCUT2D eigenvalue weighted by atomic mass is 9.85. The minimum atomic E-state index is -2.94. The maximum Gasteiger partial charge on any atom is 0.329 e. The molecule has 5 fully saturated rings. The number of carbonyl (C=O) groups is 3. The molecular formula is C44H48F4N12O5. The Bertz CT molecular complexity index is 2780. The van der Waals surface area contributed by atoms with E-state index in [1.165, 1.54) is 30.7 Å². The SMILES string of the molecule is Cn1c(=O)n(C2CCC(=O)NC2=O)c2cccc(C#CCN3CCN(CC4CCC(n5cc(NC(=O)c6cnn7ccc(N8C[C@H]9C[C@@H]8CO9)nc67)c(C(F)F)n5)CC4)C(C(F)F)C3)c21. The molecular weight excluding hydrogens is 853 g/mol. The number of alkyl halides is 4. The number of halogens is 4. The van der Waals surface area contributed by atoms with Crippen LogP contribution in [0.2, 0.25) is 0 Å². The molecule has 17 nitrogen and oxygen atoms in total. The Morgan fingerprint density at radius 2 is 1.86 bits per heavy atom. The number of hydrogen-bond donors (Lipinski definition) is 2. The average Bonchev–Trinajstić information content (AvgIpc) is 4.14. The smallest absolute Gasteiger partial charge is 0.329 e. The molecule has 8 heterocycles. The Balaban J connectivity index is 0.751. The maximum atomic E-state index is 14.6. The van der Waals surface area contributed by atoms with Crippen LogP contribution in [0.25, 0.3) is 16.7 Å². The van der Waals surface area contributed by atoms with E-state index in [1.54, 1.807) is 31.4 Å². The van der Waals surface area contributed by atoms with Gasteiger partial charge in [-0.15, -0.1) is 0 Å². The number of nitrogens with one attached hydrogen (secondary N) is 2. The van der Waals surface area contributed by atoms with E-state index >= 15 is 0 Å². The number of benzene rings is 1. The summed E-state index contributed by atoms with van der Waals surface area (Å²) in [6, 6.07) is 5.25. The molecule has 2 bridgehead atoms. The van der Waals surface area contributed by atoms with Crippen molar-refractivity contribution in [2.24, 2.45) is 13.0 Å². The molecule has 5 aromatic rings. The number of aromatic nitrogens is 7. The first kappa shape index (κ1) is 42.8. The standard InChI is InChI=1S/C44H48F4N12O5/c1-54-38-26(4-2-6-32(38)60(44(54)64)33-11-12-36(61)52-43(33)63)5-3-14-55-16-17-56(34(23-55)39(45)46)20-25-7-9-27(10-8-25)59-22-31(37(53-59)40(47)48)50-42(62)30-19-49-58-15-13-35(51-41(30)58)57-21-29-18-28(57)24-65-29/h2,4,6,13,15,19,22,25,27-29,33-34,39-40H,7-12,14,16-18,20-21,23-24H2,1H3,(H,50,62)(H,52,61,63)/t25?,27?,28-,29-,33?,34?/m1/s1. The number of imidazole rings is 1. The second kappa shape index (κ2) is 17.4. The van der Waals surface area contributed by atoms with E-state index in [-0.39, 0.29) is 67.2 Å². The van der Waals surface area contributed by atoms with Gasteiger partial charge in [0.15, 0.2) is 11.3 Å². The number of nitrogens with zero attached hydrogens (tertiary/aromatic N) is 10. The summed E-state index contributed by atoms with van der Waals surface area (Å²) < 4.78 is 69.4. The fourth-order valence-electron chi connectivity index (χ4n) is 10.4. The van der Waals surface area contributed by atoms with Crippen molar-refractivity contribution >= 4 is 45.9 Å². The summed E-state index contributed by atoms with van der Waals surface area (Å²) in [6.07, 6.45) is 3.00. The highest BCUT2D eigenvalue weighted by Crippen LogP contribution is 2.37. The monoisotopic (exact) mass is 900 g/mol. The number of para-hydroxylation sites is 1. The van der Waals surface area contributed by atoms with E-state index in [1.807, 2.05) is 15.9 Å². The normalized spacial score (nSPS) is 25.2. The molecule has 3 amide bonds. The Kier molecular flexibility index (Phi) is 11.4. The number of rotatable bonds is 10. The first-order valence-corrected chi connectivity index (χ1v) is 22.1. The van der Waals surface area contributed by atoms with E-state index in [2.05, 4.69) is 37.6 Å². The third kappa shape index (κ3) is 8.16. The summed E-state index contributed by atoms with van der Waals surface area (Å²) in [6.45, 7) is 3.11. The molecule has 1 aliphatic carbocycles. The van der Waals surface area contributed by atoms with Crippen LogP contribution in [0.3, 0.4) is 0 Å². The summed E-state index contributed by atoms with van der Waals surface area (Å²) in [5.41, 5.74) is 1.03. The number of carbonyl (C=O) groups excluding carboxylic acids is 3. The van der Waals surface area contributed by atoms with Gasteiger partial charge in [0.25, 0.3) is 18.8 Å². The molecule has 65 heavy (non-hydrogen) atoms. The number of imide groups is 1. The van der Waals surface area contributed by atoms with Crippen LogP contribution < -0.4 is 21.2 Å². The van der Waals surface area contributed by atoms with Crippen LogP contribution in [0.1, 0.15) is 85.1 Å².